The van der Waals surface area contributed by atoms with E-state index in [0.29, 0.717) is 23.3 Å². The van der Waals surface area contributed by atoms with Crippen LogP contribution in [-0.2, 0) is 5.88 Å². The molecule has 0 fully saturated rings. The summed E-state index contributed by atoms with van der Waals surface area (Å²) in [6.45, 7) is 0. The van der Waals surface area contributed by atoms with Crippen LogP contribution < -0.4 is 9.47 Å². The Bertz CT molecular complexity index is 774. The predicted molar refractivity (Wildman–Crippen MR) is 84.4 cm³/mol. The second kappa shape index (κ2) is 6.02. The molecule has 0 amide bonds. The van der Waals surface area contributed by atoms with Gasteiger partial charge in [0.05, 0.1) is 18.7 Å². The first kappa shape index (κ1) is 13.7. The molecule has 3 rings (SSSR count). The van der Waals surface area contributed by atoms with Gasteiger partial charge in [0, 0.05) is 5.39 Å². The fourth-order valence-electron chi connectivity index (χ4n) is 2.17. The molecule has 1 aromatic heterocycles. The largest absolute Gasteiger partial charge is 0.493 e. The molecule has 106 valence electrons. The third kappa shape index (κ3) is 2.78. The topological polar surface area (TPSA) is 31.4 Å². The fourth-order valence-corrected chi connectivity index (χ4v) is 2.31. The van der Waals surface area contributed by atoms with E-state index in [2.05, 4.69) is 4.98 Å². The smallest absolute Gasteiger partial charge is 0.227 e. The second-order valence-electron chi connectivity index (χ2n) is 4.53. The summed E-state index contributed by atoms with van der Waals surface area (Å²) in [6, 6.07) is 17.4. The lowest BCUT2D eigenvalue weighted by Crippen LogP contribution is -1.95. The minimum absolute atomic E-state index is 0.340. The summed E-state index contributed by atoms with van der Waals surface area (Å²) in [4.78, 5) is 4.48. The lowest BCUT2D eigenvalue weighted by atomic mass is 10.1. The van der Waals surface area contributed by atoms with Crippen molar-refractivity contribution in [1.29, 1.82) is 0 Å². The van der Waals surface area contributed by atoms with Crippen LogP contribution in [0.2, 0.25) is 0 Å². The van der Waals surface area contributed by atoms with Gasteiger partial charge in [0.2, 0.25) is 5.88 Å². The van der Waals surface area contributed by atoms with Crippen molar-refractivity contribution in [2.24, 2.45) is 0 Å². The van der Waals surface area contributed by atoms with Crippen molar-refractivity contribution >= 4 is 22.4 Å². The van der Waals surface area contributed by atoms with Crippen LogP contribution in [0.3, 0.4) is 0 Å². The van der Waals surface area contributed by atoms with Gasteiger partial charge < -0.3 is 9.47 Å². The number of fused-ring (bicyclic) bond motifs is 1. The highest BCUT2D eigenvalue weighted by atomic mass is 35.5. The van der Waals surface area contributed by atoms with Gasteiger partial charge in [-0.15, -0.1) is 11.6 Å². The van der Waals surface area contributed by atoms with Gasteiger partial charge >= 0.3 is 0 Å². The standard InChI is InChI=1S/C17H14ClNO2/c1-20-15-8-4-5-9-16(15)21-17-14-7-3-2-6-12(14)10-13(11-18)19-17/h2-10H,11H2,1H3. The average Bonchev–Trinajstić information content (AvgIpc) is 2.55. The Hall–Kier alpha value is -2.26. The molecule has 0 spiro atoms. The van der Waals surface area contributed by atoms with Gasteiger partial charge in [-0.3, -0.25) is 0 Å². The summed E-state index contributed by atoms with van der Waals surface area (Å²) in [6.07, 6.45) is 0. The maximum absolute atomic E-state index is 5.96. The summed E-state index contributed by atoms with van der Waals surface area (Å²) in [5, 5.41) is 1.99. The van der Waals surface area contributed by atoms with Crippen LogP contribution in [-0.4, -0.2) is 12.1 Å². The molecule has 4 heteroatoms. The molecule has 0 atom stereocenters. The number of ether oxygens (including phenoxy) is 2. The van der Waals surface area contributed by atoms with Crippen LogP contribution >= 0.6 is 11.6 Å². The Morgan fingerprint density at radius 1 is 1.00 bits per heavy atom. The van der Waals surface area contributed by atoms with Gasteiger partial charge in [-0.05, 0) is 29.7 Å². The molecule has 3 nitrogen and oxygen atoms in total. The highest BCUT2D eigenvalue weighted by Crippen LogP contribution is 2.34. The maximum Gasteiger partial charge on any atom is 0.227 e. The molecule has 0 N–H and O–H groups in total. The zero-order valence-electron chi connectivity index (χ0n) is 11.5. The normalized spacial score (nSPS) is 10.6. The summed E-state index contributed by atoms with van der Waals surface area (Å²) >= 11 is 5.92. The van der Waals surface area contributed by atoms with E-state index in [1.54, 1.807) is 7.11 Å². The lowest BCUT2D eigenvalue weighted by Gasteiger charge is -2.12. The SMILES string of the molecule is COc1ccccc1Oc1nc(CCl)cc2ccccc12. The highest BCUT2D eigenvalue weighted by Gasteiger charge is 2.10. The Labute approximate surface area is 128 Å². The van der Waals surface area contributed by atoms with Crippen LogP contribution in [0.4, 0.5) is 0 Å². The number of halogens is 1. The monoisotopic (exact) mass is 299 g/mol. The summed E-state index contributed by atoms with van der Waals surface area (Å²) < 4.78 is 11.3. The maximum atomic E-state index is 5.96. The lowest BCUT2D eigenvalue weighted by molar-refractivity contribution is 0.375. The number of alkyl halides is 1. The number of hydrogen-bond acceptors (Lipinski definition) is 3. The number of benzene rings is 2. The van der Waals surface area contributed by atoms with Crippen molar-refractivity contribution in [2.75, 3.05) is 7.11 Å². The quantitative estimate of drug-likeness (QED) is 0.650. The molecular formula is C17H14ClNO2. The Morgan fingerprint density at radius 2 is 1.71 bits per heavy atom. The molecule has 0 aliphatic heterocycles. The molecule has 0 bridgehead atoms. The molecule has 0 unspecified atom stereocenters. The van der Waals surface area contributed by atoms with Crippen LogP contribution in [0.5, 0.6) is 17.4 Å². The molecule has 0 radical (unpaired) electrons. The summed E-state index contributed by atoms with van der Waals surface area (Å²) in [7, 11) is 1.61. The number of nitrogens with zero attached hydrogens (tertiary/aromatic N) is 1. The Kier molecular flexibility index (Phi) is 3.93. The van der Waals surface area contributed by atoms with E-state index in [-0.39, 0.29) is 0 Å². The molecule has 0 saturated carbocycles. The first-order valence-corrected chi connectivity index (χ1v) is 7.11. The van der Waals surface area contributed by atoms with Crippen LogP contribution in [0.1, 0.15) is 5.69 Å². The van der Waals surface area contributed by atoms with Crippen molar-refractivity contribution in [3.8, 4) is 17.4 Å². The van der Waals surface area contributed by atoms with Gasteiger partial charge in [0.15, 0.2) is 11.5 Å². The Balaban J connectivity index is 2.11. The Morgan fingerprint density at radius 3 is 2.48 bits per heavy atom. The van der Waals surface area contributed by atoms with Crippen LogP contribution in [0, 0.1) is 0 Å². The third-order valence-electron chi connectivity index (χ3n) is 3.17. The number of pyridine rings is 1. The van der Waals surface area contributed by atoms with Crippen molar-refractivity contribution < 1.29 is 9.47 Å². The van der Waals surface area contributed by atoms with Gasteiger partial charge in [-0.25, -0.2) is 4.98 Å². The first-order chi connectivity index (χ1) is 10.3. The zero-order valence-corrected chi connectivity index (χ0v) is 12.3. The van der Waals surface area contributed by atoms with Crippen molar-refractivity contribution in [3.05, 3.63) is 60.3 Å². The van der Waals surface area contributed by atoms with Crippen molar-refractivity contribution in [3.63, 3.8) is 0 Å². The number of rotatable bonds is 4. The van der Waals surface area contributed by atoms with Gasteiger partial charge in [-0.2, -0.15) is 0 Å². The zero-order chi connectivity index (χ0) is 14.7. The molecule has 2 aromatic carbocycles. The first-order valence-electron chi connectivity index (χ1n) is 6.57. The van der Waals surface area contributed by atoms with E-state index < -0.39 is 0 Å². The van der Waals surface area contributed by atoms with Gasteiger partial charge in [-0.1, -0.05) is 30.3 Å². The van der Waals surface area contributed by atoms with Crippen LogP contribution in [0.15, 0.2) is 54.6 Å². The molecule has 0 aliphatic rings. The molecule has 21 heavy (non-hydrogen) atoms. The van der Waals surface area contributed by atoms with E-state index in [1.807, 2.05) is 54.6 Å². The minimum Gasteiger partial charge on any atom is -0.493 e. The van der Waals surface area contributed by atoms with Crippen LogP contribution in [0.25, 0.3) is 10.8 Å². The van der Waals surface area contributed by atoms with E-state index in [0.717, 1.165) is 16.5 Å². The van der Waals surface area contributed by atoms with E-state index in [4.69, 9.17) is 21.1 Å². The highest BCUT2D eigenvalue weighted by molar-refractivity contribution is 6.17. The fraction of sp³-hybridized carbons (Fsp3) is 0.118. The molecule has 3 aromatic rings. The molecular weight excluding hydrogens is 286 g/mol. The summed E-state index contributed by atoms with van der Waals surface area (Å²) in [5.41, 5.74) is 0.778. The van der Waals surface area contributed by atoms with Crippen molar-refractivity contribution in [2.45, 2.75) is 5.88 Å². The second-order valence-corrected chi connectivity index (χ2v) is 4.79. The van der Waals surface area contributed by atoms with Gasteiger partial charge in [0.25, 0.3) is 0 Å². The average molecular weight is 300 g/mol. The number of hydrogen-bond donors (Lipinski definition) is 0. The van der Waals surface area contributed by atoms with E-state index in [1.165, 1.54) is 0 Å². The number of aromatic nitrogens is 1. The molecule has 1 heterocycles. The van der Waals surface area contributed by atoms with Crippen molar-refractivity contribution in [1.82, 2.24) is 4.98 Å². The minimum atomic E-state index is 0.340. The number of para-hydroxylation sites is 2. The molecule has 0 saturated heterocycles. The molecule has 0 aliphatic carbocycles. The summed E-state index contributed by atoms with van der Waals surface area (Å²) in [5.74, 6) is 2.17. The van der Waals surface area contributed by atoms with Gasteiger partial charge in [0.1, 0.15) is 0 Å². The third-order valence-corrected chi connectivity index (χ3v) is 3.44. The van der Waals surface area contributed by atoms with E-state index in [9.17, 15) is 0 Å². The predicted octanol–water partition coefficient (Wildman–Crippen LogP) is 4.77. The number of methoxy groups -OCH3 is 1. The van der Waals surface area contributed by atoms with E-state index >= 15 is 0 Å².